The van der Waals surface area contributed by atoms with Gasteiger partial charge in [-0.3, -0.25) is 9.59 Å². The first-order chi connectivity index (χ1) is 13.6. The lowest BCUT2D eigenvalue weighted by Crippen LogP contribution is -2.23. The number of carbonyl (C=O) groups excluding carboxylic acids is 2. The second-order valence-corrected chi connectivity index (χ2v) is 6.83. The van der Waals surface area contributed by atoms with Gasteiger partial charge in [0, 0.05) is 17.8 Å². The van der Waals surface area contributed by atoms with Crippen LogP contribution in [0.4, 0.5) is 5.69 Å². The molecule has 0 aliphatic carbocycles. The van der Waals surface area contributed by atoms with Crippen LogP contribution in [-0.4, -0.2) is 26.0 Å². The maximum absolute atomic E-state index is 12.5. The summed E-state index contributed by atoms with van der Waals surface area (Å²) in [6, 6.07) is 15.9. The number of nitrogens with one attached hydrogen (secondary N) is 2. The zero-order chi connectivity index (χ0) is 19.9. The number of amides is 2. The standard InChI is InChI=1S/C21H20N2O4S/c1-26-17-9-8-14(11-18(17)27-2)13-22-20(24)15-5-3-6-16(12-15)23-21(25)19-7-4-10-28-19/h3-12H,13H2,1-2H3,(H,22,24)(H,23,25). The number of thiophene rings is 1. The largest absolute Gasteiger partial charge is 0.493 e. The summed E-state index contributed by atoms with van der Waals surface area (Å²) in [4.78, 5) is 25.3. The summed E-state index contributed by atoms with van der Waals surface area (Å²) < 4.78 is 10.5. The molecule has 7 heteroatoms. The van der Waals surface area contributed by atoms with Crippen LogP contribution in [0.3, 0.4) is 0 Å². The van der Waals surface area contributed by atoms with E-state index in [1.807, 2.05) is 23.6 Å². The van der Waals surface area contributed by atoms with E-state index in [0.29, 0.717) is 34.2 Å². The molecule has 2 amide bonds. The van der Waals surface area contributed by atoms with Gasteiger partial charge in [0.2, 0.25) is 0 Å². The molecule has 144 valence electrons. The monoisotopic (exact) mass is 396 g/mol. The lowest BCUT2D eigenvalue weighted by atomic mass is 10.1. The van der Waals surface area contributed by atoms with Gasteiger partial charge in [0.25, 0.3) is 11.8 Å². The summed E-state index contributed by atoms with van der Waals surface area (Å²) in [5.74, 6) is 0.805. The number of methoxy groups -OCH3 is 2. The second kappa shape index (κ2) is 9.05. The summed E-state index contributed by atoms with van der Waals surface area (Å²) in [7, 11) is 3.14. The molecule has 3 rings (SSSR count). The van der Waals surface area contributed by atoms with Crippen molar-refractivity contribution in [3.63, 3.8) is 0 Å². The molecule has 0 radical (unpaired) electrons. The van der Waals surface area contributed by atoms with Crippen molar-refractivity contribution in [2.75, 3.05) is 19.5 Å². The van der Waals surface area contributed by atoms with Gasteiger partial charge in [0.15, 0.2) is 11.5 Å². The van der Waals surface area contributed by atoms with Crippen LogP contribution in [0.1, 0.15) is 25.6 Å². The van der Waals surface area contributed by atoms with Crippen LogP contribution in [0.5, 0.6) is 11.5 Å². The third-order valence-corrected chi connectivity index (χ3v) is 4.90. The Labute approximate surface area is 167 Å². The van der Waals surface area contributed by atoms with E-state index < -0.39 is 0 Å². The van der Waals surface area contributed by atoms with Crippen molar-refractivity contribution in [2.45, 2.75) is 6.54 Å². The van der Waals surface area contributed by atoms with Gasteiger partial charge in [-0.25, -0.2) is 0 Å². The summed E-state index contributed by atoms with van der Waals surface area (Å²) in [6.07, 6.45) is 0. The van der Waals surface area contributed by atoms with Crippen molar-refractivity contribution in [3.05, 3.63) is 76.0 Å². The van der Waals surface area contributed by atoms with Gasteiger partial charge in [-0.2, -0.15) is 0 Å². The number of carbonyl (C=O) groups is 2. The highest BCUT2D eigenvalue weighted by Crippen LogP contribution is 2.27. The second-order valence-electron chi connectivity index (χ2n) is 5.88. The third-order valence-electron chi connectivity index (χ3n) is 4.03. The Bertz CT molecular complexity index is 970. The van der Waals surface area contributed by atoms with Gasteiger partial charge in [0.05, 0.1) is 19.1 Å². The minimum atomic E-state index is -0.234. The molecule has 2 N–H and O–H groups in total. The van der Waals surface area contributed by atoms with E-state index in [-0.39, 0.29) is 11.8 Å². The zero-order valence-electron chi connectivity index (χ0n) is 15.5. The van der Waals surface area contributed by atoms with Crippen molar-refractivity contribution in [3.8, 4) is 11.5 Å². The molecule has 2 aromatic carbocycles. The first kappa shape index (κ1) is 19.4. The Balaban J connectivity index is 1.64. The molecular weight excluding hydrogens is 376 g/mol. The summed E-state index contributed by atoms with van der Waals surface area (Å²) in [5, 5.41) is 7.51. The molecule has 0 fully saturated rings. The van der Waals surface area contributed by atoms with Gasteiger partial charge in [0.1, 0.15) is 0 Å². The van der Waals surface area contributed by atoms with Crippen LogP contribution < -0.4 is 20.1 Å². The lowest BCUT2D eigenvalue weighted by Gasteiger charge is -2.11. The summed E-state index contributed by atoms with van der Waals surface area (Å²) >= 11 is 1.36. The Morgan fingerprint density at radius 1 is 0.929 bits per heavy atom. The quantitative estimate of drug-likeness (QED) is 0.634. The van der Waals surface area contributed by atoms with E-state index in [1.54, 1.807) is 50.6 Å². The van der Waals surface area contributed by atoms with E-state index in [1.165, 1.54) is 11.3 Å². The average molecular weight is 396 g/mol. The molecule has 1 heterocycles. The fraction of sp³-hybridized carbons (Fsp3) is 0.143. The molecule has 1 aromatic heterocycles. The molecule has 0 aliphatic rings. The maximum Gasteiger partial charge on any atom is 0.265 e. The fourth-order valence-corrected chi connectivity index (χ4v) is 3.23. The van der Waals surface area contributed by atoms with Crippen LogP contribution >= 0.6 is 11.3 Å². The molecule has 0 saturated heterocycles. The molecule has 0 bridgehead atoms. The minimum absolute atomic E-state index is 0.196. The predicted molar refractivity (Wildman–Crippen MR) is 109 cm³/mol. The Morgan fingerprint density at radius 2 is 1.75 bits per heavy atom. The minimum Gasteiger partial charge on any atom is -0.493 e. The highest BCUT2D eigenvalue weighted by molar-refractivity contribution is 7.12. The van der Waals surface area contributed by atoms with Crippen molar-refractivity contribution < 1.29 is 19.1 Å². The number of rotatable bonds is 7. The molecule has 0 aliphatic heterocycles. The van der Waals surface area contributed by atoms with Gasteiger partial charge in [-0.15, -0.1) is 11.3 Å². The van der Waals surface area contributed by atoms with E-state index >= 15 is 0 Å². The molecule has 0 atom stereocenters. The van der Waals surface area contributed by atoms with Crippen molar-refractivity contribution in [1.29, 1.82) is 0 Å². The van der Waals surface area contributed by atoms with Crippen LogP contribution in [0, 0.1) is 0 Å². The van der Waals surface area contributed by atoms with Gasteiger partial charge in [-0.05, 0) is 47.3 Å². The topological polar surface area (TPSA) is 76.7 Å². The van der Waals surface area contributed by atoms with Gasteiger partial charge in [-0.1, -0.05) is 18.2 Å². The van der Waals surface area contributed by atoms with Crippen molar-refractivity contribution in [1.82, 2.24) is 5.32 Å². The number of hydrogen-bond donors (Lipinski definition) is 2. The molecule has 6 nitrogen and oxygen atoms in total. The fourth-order valence-electron chi connectivity index (χ4n) is 2.61. The smallest absolute Gasteiger partial charge is 0.265 e. The molecule has 28 heavy (non-hydrogen) atoms. The Kier molecular flexibility index (Phi) is 6.29. The van der Waals surface area contributed by atoms with Crippen molar-refractivity contribution in [2.24, 2.45) is 0 Å². The summed E-state index contributed by atoms with van der Waals surface area (Å²) in [5.41, 5.74) is 1.91. The van der Waals surface area contributed by atoms with E-state index in [2.05, 4.69) is 10.6 Å². The number of benzene rings is 2. The van der Waals surface area contributed by atoms with Crippen LogP contribution in [0.15, 0.2) is 60.0 Å². The average Bonchev–Trinajstić information content (AvgIpc) is 3.27. The van der Waals surface area contributed by atoms with E-state index in [9.17, 15) is 9.59 Å². The molecule has 0 saturated carbocycles. The molecule has 0 spiro atoms. The Hall–Kier alpha value is -3.32. The maximum atomic E-state index is 12.5. The van der Waals surface area contributed by atoms with Gasteiger partial charge >= 0.3 is 0 Å². The lowest BCUT2D eigenvalue weighted by molar-refractivity contribution is 0.0949. The van der Waals surface area contributed by atoms with Crippen molar-refractivity contribution >= 4 is 28.8 Å². The highest BCUT2D eigenvalue weighted by Gasteiger charge is 2.11. The number of anilines is 1. The van der Waals surface area contributed by atoms with Crippen LogP contribution in [0.25, 0.3) is 0 Å². The molecule has 3 aromatic rings. The normalized spacial score (nSPS) is 10.2. The van der Waals surface area contributed by atoms with Crippen LogP contribution in [0.2, 0.25) is 0 Å². The summed E-state index contributed by atoms with van der Waals surface area (Å²) in [6.45, 7) is 0.338. The highest BCUT2D eigenvalue weighted by atomic mass is 32.1. The molecular formula is C21H20N2O4S. The Morgan fingerprint density at radius 3 is 2.46 bits per heavy atom. The predicted octanol–water partition coefficient (Wildman–Crippen LogP) is 3.95. The first-order valence-corrected chi connectivity index (χ1v) is 9.42. The van der Waals surface area contributed by atoms with E-state index in [4.69, 9.17) is 9.47 Å². The third kappa shape index (κ3) is 4.69. The zero-order valence-corrected chi connectivity index (χ0v) is 16.3. The van der Waals surface area contributed by atoms with Crippen LogP contribution in [-0.2, 0) is 6.54 Å². The van der Waals surface area contributed by atoms with E-state index in [0.717, 1.165) is 5.56 Å². The van der Waals surface area contributed by atoms with Gasteiger partial charge < -0.3 is 20.1 Å². The first-order valence-electron chi connectivity index (χ1n) is 8.54. The number of ether oxygens (including phenoxy) is 2. The SMILES string of the molecule is COc1ccc(CNC(=O)c2cccc(NC(=O)c3cccs3)c2)cc1OC. The molecule has 0 unspecified atom stereocenters. The number of hydrogen-bond acceptors (Lipinski definition) is 5.